The van der Waals surface area contributed by atoms with Gasteiger partial charge in [0.1, 0.15) is 17.1 Å². The maximum absolute atomic E-state index is 12.5. The zero-order chi connectivity index (χ0) is 24.2. The van der Waals surface area contributed by atoms with Crippen LogP contribution in [0.25, 0.3) is 23.0 Å². The predicted molar refractivity (Wildman–Crippen MR) is 135 cm³/mol. The molecule has 1 fully saturated rings. The van der Waals surface area contributed by atoms with Gasteiger partial charge in [-0.3, -0.25) is 19.8 Å². The molecule has 1 aromatic heterocycles. The van der Waals surface area contributed by atoms with Gasteiger partial charge in [0.2, 0.25) is 5.91 Å². The van der Waals surface area contributed by atoms with Crippen molar-refractivity contribution in [2.75, 3.05) is 6.61 Å². The van der Waals surface area contributed by atoms with Crippen LogP contribution in [0.2, 0.25) is 0 Å². The maximum Gasteiger partial charge on any atom is 0.274 e. The molecule has 0 radical (unpaired) electrons. The molecule has 174 valence electrons. The molecular weight excluding hydrogens is 448 g/mol. The Morgan fingerprint density at radius 3 is 2.65 bits per heavy atom. The number of thiocarbonyl (C=S) groups is 1. The van der Waals surface area contributed by atoms with Gasteiger partial charge in [-0.25, -0.2) is 4.68 Å². The molecule has 0 unspecified atom stereocenters. The van der Waals surface area contributed by atoms with Gasteiger partial charge in [0.25, 0.3) is 5.91 Å². The molecule has 0 spiro atoms. The lowest BCUT2D eigenvalue weighted by Gasteiger charge is -2.12. The Bertz CT molecular complexity index is 1280. The fraction of sp³-hybridized carbons (Fsp3) is 0.231. The Morgan fingerprint density at radius 2 is 1.97 bits per heavy atom. The molecule has 34 heavy (non-hydrogen) atoms. The fourth-order valence-corrected chi connectivity index (χ4v) is 4.05. The molecule has 2 aromatic carbocycles. The number of carbonyl (C=O) groups excluding carboxylic acids is 2. The number of aromatic nitrogens is 2. The smallest absolute Gasteiger partial charge is 0.274 e. The monoisotopic (exact) mass is 474 g/mol. The zero-order valence-electron chi connectivity index (χ0n) is 19.4. The Labute approximate surface area is 204 Å². The first kappa shape index (κ1) is 23.4. The van der Waals surface area contributed by atoms with Crippen molar-refractivity contribution in [3.05, 3.63) is 71.6 Å². The van der Waals surface area contributed by atoms with Crippen molar-refractivity contribution >= 4 is 35.2 Å². The normalized spacial score (nSPS) is 14.6. The van der Waals surface area contributed by atoms with Crippen molar-refractivity contribution in [2.45, 2.75) is 33.6 Å². The molecule has 1 aliphatic rings. The number of benzene rings is 2. The van der Waals surface area contributed by atoms with Gasteiger partial charge in [-0.05, 0) is 67.5 Å². The van der Waals surface area contributed by atoms with E-state index in [2.05, 4.69) is 12.2 Å². The van der Waals surface area contributed by atoms with Gasteiger partial charge in [-0.1, -0.05) is 31.5 Å². The topological polar surface area (TPSA) is 76.5 Å². The number of hydrogen-bond donors (Lipinski definition) is 1. The van der Waals surface area contributed by atoms with E-state index in [-0.39, 0.29) is 16.7 Å². The van der Waals surface area contributed by atoms with E-state index in [0.29, 0.717) is 17.9 Å². The van der Waals surface area contributed by atoms with Gasteiger partial charge in [-0.2, -0.15) is 5.10 Å². The number of unbranched alkanes of at least 4 members (excludes halogenated alkanes) is 1. The van der Waals surface area contributed by atoms with Crippen LogP contribution in [0.1, 0.15) is 37.8 Å². The minimum atomic E-state index is -0.422. The van der Waals surface area contributed by atoms with Gasteiger partial charge in [-0.15, -0.1) is 0 Å². The minimum absolute atomic E-state index is 0.0742. The number of para-hydroxylation sites is 1. The molecule has 0 atom stereocenters. The number of nitrogens with zero attached hydrogens (tertiary/aromatic N) is 3. The van der Waals surface area contributed by atoms with Crippen molar-refractivity contribution in [1.29, 1.82) is 0 Å². The number of aryl methyl sites for hydroxylation is 1. The SMILES string of the molecule is CCCCOc1ccc(-c2nn(-c3ccccc3)cc2/C=C2/C(=O)NC(=S)N2C(C)=O)cc1C. The molecule has 3 aromatic rings. The molecule has 1 N–H and O–H groups in total. The summed E-state index contributed by atoms with van der Waals surface area (Å²) in [5, 5.41) is 7.43. The highest BCUT2D eigenvalue weighted by atomic mass is 32.1. The van der Waals surface area contributed by atoms with E-state index in [1.807, 2.05) is 61.7 Å². The Balaban J connectivity index is 1.80. The quantitative estimate of drug-likeness (QED) is 0.307. The molecule has 2 heterocycles. The summed E-state index contributed by atoms with van der Waals surface area (Å²) >= 11 is 5.17. The number of amides is 2. The van der Waals surface area contributed by atoms with Crippen LogP contribution in [0.5, 0.6) is 5.75 Å². The summed E-state index contributed by atoms with van der Waals surface area (Å²) in [7, 11) is 0. The summed E-state index contributed by atoms with van der Waals surface area (Å²) in [6.07, 6.45) is 5.56. The number of ether oxygens (including phenoxy) is 1. The molecule has 4 rings (SSSR count). The van der Waals surface area contributed by atoms with Crippen LogP contribution in [-0.2, 0) is 9.59 Å². The van der Waals surface area contributed by atoms with Crippen LogP contribution in [0.3, 0.4) is 0 Å². The molecule has 2 amide bonds. The van der Waals surface area contributed by atoms with Gasteiger partial charge in [0.05, 0.1) is 12.3 Å². The summed E-state index contributed by atoms with van der Waals surface area (Å²) < 4.78 is 7.65. The first-order chi connectivity index (χ1) is 16.4. The summed E-state index contributed by atoms with van der Waals surface area (Å²) in [6, 6.07) is 15.6. The van der Waals surface area contributed by atoms with Crippen molar-refractivity contribution < 1.29 is 14.3 Å². The first-order valence-electron chi connectivity index (χ1n) is 11.2. The lowest BCUT2D eigenvalue weighted by Crippen LogP contribution is -2.31. The highest BCUT2D eigenvalue weighted by Crippen LogP contribution is 2.31. The summed E-state index contributed by atoms with van der Waals surface area (Å²) in [4.78, 5) is 25.9. The number of rotatable bonds is 7. The van der Waals surface area contributed by atoms with Crippen LogP contribution >= 0.6 is 12.2 Å². The second kappa shape index (κ2) is 10.0. The summed E-state index contributed by atoms with van der Waals surface area (Å²) in [5.74, 6) is 0.0772. The summed E-state index contributed by atoms with van der Waals surface area (Å²) in [6.45, 7) is 6.17. The predicted octanol–water partition coefficient (Wildman–Crippen LogP) is 4.63. The average molecular weight is 475 g/mol. The van der Waals surface area contributed by atoms with Gasteiger partial charge >= 0.3 is 0 Å². The van der Waals surface area contributed by atoms with E-state index in [0.717, 1.165) is 35.4 Å². The van der Waals surface area contributed by atoms with Crippen molar-refractivity contribution in [1.82, 2.24) is 20.0 Å². The largest absolute Gasteiger partial charge is 0.493 e. The second-order valence-electron chi connectivity index (χ2n) is 8.04. The van der Waals surface area contributed by atoms with E-state index < -0.39 is 5.91 Å². The van der Waals surface area contributed by atoms with E-state index in [1.165, 1.54) is 11.8 Å². The van der Waals surface area contributed by atoms with E-state index in [9.17, 15) is 9.59 Å². The van der Waals surface area contributed by atoms with Gasteiger partial charge < -0.3 is 4.74 Å². The fourth-order valence-electron chi connectivity index (χ4n) is 3.73. The standard InChI is InChI=1S/C26H26N4O3S/c1-4-5-13-33-23-12-11-19(14-17(23)2)24-20(16-29(28-24)21-9-7-6-8-10-21)15-22-25(32)27-26(34)30(22)18(3)31/h6-12,14-16H,4-5,13H2,1-3H3,(H,27,32,34)/b22-15-. The van der Waals surface area contributed by atoms with Gasteiger partial charge in [0.15, 0.2) is 5.11 Å². The third-order valence-electron chi connectivity index (χ3n) is 5.47. The third-order valence-corrected chi connectivity index (χ3v) is 5.76. The molecule has 8 heteroatoms. The molecular formula is C26H26N4O3S. The highest BCUT2D eigenvalue weighted by Gasteiger charge is 2.33. The lowest BCUT2D eigenvalue weighted by atomic mass is 10.0. The number of nitrogens with one attached hydrogen (secondary N) is 1. The van der Waals surface area contributed by atoms with Crippen molar-refractivity contribution in [3.8, 4) is 22.7 Å². The minimum Gasteiger partial charge on any atom is -0.493 e. The Kier molecular flexibility index (Phi) is 6.88. The Hall–Kier alpha value is -3.78. The molecule has 1 saturated heterocycles. The maximum atomic E-state index is 12.5. The molecule has 0 aliphatic carbocycles. The molecule has 7 nitrogen and oxygen atoms in total. The van der Waals surface area contributed by atoms with Crippen LogP contribution in [-0.4, -0.2) is 38.2 Å². The lowest BCUT2D eigenvalue weighted by molar-refractivity contribution is -0.125. The van der Waals surface area contributed by atoms with Crippen molar-refractivity contribution in [3.63, 3.8) is 0 Å². The van der Waals surface area contributed by atoms with Gasteiger partial charge in [0, 0.05) is 24.2 Å². The molecule has 0 bridgehead atoms. The second-order valence-corrected chi connectivity index (χ2v) is 8.43. The number of carbonyl (C=O) groups is 2. The van der Waals surface area contributed by atoms with E-state index >= 15 is 0 Å². The van der Waals surface area contributed by atoms with Crippen LogP contribution in [0.15, 0.2) is 60.4 Å². The van der Waals surface area contributed by atoms with Crippen molar-refractivity contribution in [2.24, 2.45) is 0 Å². The van der Waals surface area contributed by atoms with E-state index in [4.69, 9.17) is 22.1 Å². The average Bonchev–Trinajstić information content (AvgIpc) is 3.36. The van der Waals surface area contributed by atoms with Crippen LogP contribution < -0.4 is 10.1 Å². The van der Waals surface area contributed by atoms with Crippen LogP contribution in [0.4, 0.5) is 0 Å². The molecule has 1 aliphatic heterocycles. The summed E-state index contributed by atoms with van der Waals surface area (Å²) in [5.41, 5.74) is 4.27. The van der Waals surface area contributed by atoms with E-state index in [1.54, 1.807) is 10.8 Å². The van der Waals surface area contributed by atoms with Crippen LogP contribution in [0, 0.1) is 6.92 Å². The Morgan fingerprint density at radius 1 is 1.21 bits per heavy atom. The highest BCUT2D eigenvalue weighted by molar-refractivity contribution is 7.80. The molecule has 0 saturated carbocycles. The number of hydrogen-bond acceptors (Lipinski definition) is 5. The third kappa shape index (κ3) is 4.77. The first-order valence-corrected chi connectivity index (χ1v) is 11.6. The zero-order valence-corrected chi connectivity index (χ0v) is 20.2.